The number of nitrogens with one attached hydrogen (secondary N) is 1. The van der Waals surface area contributed by atoms with Gasteiger partial charge in [0.1, 0.15) is 5.82 Å². The van der Waals surface area contributed by atoms with E-state index in [1.165, 1.54) is 0 Å². The van der Waals surface area contributed by atoms with E-state index in [-0.39, 0.29) is 11.6 Å². The summed E-state index contributed by atoms with van der Waals surface area (Å²) in [6, 6.07) is 9.72. The van der Waals surface area contributed by atoms with Crippen molar-refractivity contribution in [2.24, 2.45) is 13.0 Å². The lowest BCUT2D eigenvalue weighted by Crippen LogP contribution is -2.39. The molecule has 1 unspecified atom stereocenters. The fraction of sp³-hybridized carbons (Fsp3) is 0.316. The number of rotatable bonds is 3. The highest BCUT2D eigenvalue weighted by Gasteiger charge is 2.26. The molecule has 1 atom stereocenters. The van der Waals surface area contributed by atoms with E-state index in [1.807, 2.05) is 35.2 Å². The molecule has 134 valence electrons. The molecule has 3 heterocycles. The van der Waals surface area contributed by atoms with Gasteiger partial charge >= 0.3 is 11.7 Å². The maximum atomic E-state index is 11.7. The van der Waals surface area contributed by atoms with Gasteiger partial charge in [0, 0.05) is 31.9 Å². The first-order chi connectivity index (χ1) is 12.5. The van der Waals surface area contributed by atoms with Crippen LogP contribution in [-0.4, -0.2) is 38.7 Å². The highest BCUT2D eigenvalue weighted by Crippen LogP contribution is 2.26. The molecule has 7 nitrogen and oxygen atoms in total. The Bertz CT molecular complexity index is 1020. The van der Waals surface area contributed by atoms with Crippen LogP contribution in [0.5, 0.6) is 0 Å². The lowest BCUT2D eigenvalue weighted by molar-refractivity contribution is -0.141. The van der Waals surface area contributed by atoms with Crippen LogP contribution in [0.15, 0.2) is 41.3 Å². The van der Waals surface area contributed by atoms with Gasteiger partial charge in [-0.15, -0.1) is 0 Å². The third-order valence-electron chi connectivity index (χ3n) is 5.08. The Labute approximate surface area is 149 Å². The standard InChI is InChI=1S/C19H20N4O3/c1-22-16-9-12(4-6-15(16)21-19(22)26)13-5-7-17(20-10-13)23-8-2-3-14(11-23)18(24)25/h4-7,9-10,14H,2-3,8,11H2,1H3,(H,21,26)(H,24,25). The number of carbonyl (C=O) groups is 1. The second-order valence-electron chi connectivity index (χ2n) is 6.75. The molecule has 0 amide bonds. The maximum Gasteiger partial charge on any atom is 0.326 e. The molecule has 3 aromatic rings. The van der Waals surface area contributed by atoms with Crippen LogP contribution in [0, 0.1) is 5.92 Å². The smallest absolute Gasteiger partial charge is 0.326 e. The lowest BCUT2D eigenvalue weighted by Gasteiger charge is -2.31. The summed E-state index contributed by atoms with van der Waals surface area (Å²) in [6.45, 7) is 1.33. The minimum absolute atomic E-state index is 0.135. The zero-order valence-corrected chi connectivity index (χ0v) is 14.5. The predicted octanol–water partition coefficient (Wildman–Crippen LogP) is 2.23. The van der Waals surface area contributed by atoms with Gasteiger partial charge in [-0.3, -0.25) is 9.36 Å². The number of aromatic amines is 1. The Morgan fingerprint density at radius 3 is 2.81 bits per heavy atom. The Balaban J connectivity index is 1.60. The van der Waals surface area contributed by atoms with Crippen LogP contribution in [0.2, 0.25) is 0 Å². The first-order valence-corrected chi connectivity index (χ1v) is 8.66. The Morgan fingerprint density at radius 2 is 2.08 bits per heavy atom. The van der Waals surface area contributed by atoms with Crippen molar-refractivity contribution in [1.29, 1.82) is 0 Å². The Morgan fingerprint density at radius 1 is 1.27 bits per heavy atom. The monoisotopic (exact) mass is 352 g/mol. The molecule has 2 aromatic heterocycles. The van der Waals surface area contributed by atoms with E-state index in [1.54, 1.807) is 17.8 Å². The lowest BCUT2D eigenvalue weighted by atomic mass is 9.98. The van der Waals surface area contributed by atoms with E-state index >= 15 is 0 Å². The molecule has 7 heteroatoms. The molecule has 0 saturated carbocycles. The van der Waals surface area contributed by atoms with Crippen molar-refractivity contribution in [1.82, 2.24) is 14.5 Å². The Hall–Kier alpha value is -3.09. The summed E-state index contributed by atoms with van der Waals surface area (Å²) in [5.74, 6) is -0.269. The molecule has 1 saturated heterocycles. The second-order valence-corrected chi connectivity index (χ2v) is 6.75. The van der Waals surface area contributed by atoms with Crippen molar-refractivity contribution in [3.63, 3.8) is 0 Å². The minimum atomic E-state index is -0.739. The van der Waals surface area contributed by atoms with Crippen molar-refractivity contribution in [2.75, 3.05) is 18.0 Å². The van der Waals surface area contributed by atoms with E-state index in [9.17, 15) is 14.7 Å². The van der Waals surface area contributed by atoms with Crippen LogP contribution in [-0.2, 0) is 11.8 Å². The number of imidazole rings is 1. The summed E-state index contributed by atoms with van der Waals surface area (Å²) < 4.78 is 1.58. The largest absolute Gasteiger partial charge is 0.481 e. The number of fused-ring (bicyclic) bond motifs is 1. The summed E-state index contributed by atoms with van der Waals surface area (Å²) in [7, 11) is 1.74. The molecule has 0 aliphatic carbocycles. The average molecular weight is 352 g/mol. The predicted molar refractivity (Wildman–Crippen MR) is 99.3 cm³/mol. The number of hydrogen-bond acceptors (Lipinski definition) is 4. The van der Waals surface area contributed by atoms with Crippen molar-refractivity contribution in [2.45, 2.75) is 12.8 Å². The molecule has 0 bridgehead atoms. The van der Waals surface area contributed by atoms with Gasteiger partial charge in [-0.2, -0.15) is 0 Å². The quantitative estimate of drug-likeness (QED) is 0.754. The highest BCUT2D eigenvalue weighted by molar-refractivity contribution is 5.82. The van der Waals surface area contributed by atoms with Gasteiger partial charge < -0.3 is 15.0 Å². The van der Waals surface area contributed by atoms with Crippen LogP contribution in [0.4, 0.5) is 5.82 Å². The Kier molecular flexibility index (Phi) is 3.99. The van der Waals surface area contributed by atoms with E-state index in [0.717, 1.165) is 47.4 Å². The van der Waals surface area contributed by atoms with Gasteiger partial charge in [0.25, 0.3) is 0 Å². The SMILES string of the molecule is Cn1c(=O)[nH]c2ccc(-c3ccc(N4CCCC(C(=O)O)C4)nc3)cc21. The number of nitrogens with zero attached hydrogens (tertiary/aromatic N) is 3. The molecule has 1 aliphatic rings. The van der Waals surface area contributed by atoms with E-state index in [0.29, 0.717) is 6.54 Å². The number of piperidine rings is 1. The summed E-state index contributed by atoms with van der Waals surface area (Å²) in [6.07, 6.45) is 3.38. The van der Waals surface area contributed by atoms with Gasteiger partial charge in [-0.1, -0.05) is 6.07 Å². The molecule has 0 spiro atoms. The van der Waals surface area contributed by atoms with Gasteiger partial charge in [0.2, 0.25) is 0 Å². The first-order valence-electron chi connectivity index (χ1n) is 8.66. The zero-order chi connectivity index (χ0) is 18.3. The van der Waals surface area contributed by atoms with Crippen LogP contribution in [0.1, 0.15) is 12.8 Å². The second kappa shape index (κ2) is 6.33. The molecule has 1 aliphatic heterocycles. The third-order valence-corrected chi connectivity index (χ3v) is 5.08. The summed E-state index contributed by atoms with van der Waals surface area (Å²) in [4.78, 5) is 32.3. The number of hydrogen-bond donors (Lipinski definition) is 2. The van der Waals surface area contributed by atoms with Crippen molar-refractivity contribution < 1.29 is 9.90 Å². The van der Waals surface area contributed by atoms with E-state index in [2.05, 4.69) is 9.97 Å². The van der Waals surface area contributed by atoms with Crippen molar-refractivity contribution >= 4 is 22.8 Å². The third kappa shape index (κ3) is 2.85. The van der Waals surface area contributed by atoms with Gasteiger partial charge in [0.15, 0.2) is 0 Å². The van der Waals surface area contributed by atoms with Gasteiger partial charge in [-0.25, -0.2) is 9.78 Å². The van der Waals surface area contributed by atoms with E-state index in [4.69, 9.17) is 0 Å². The number of carboxylic acids is 1. The molecule has 1 aromatic carbocycles. The molecular formula is C19H20N4O3. The van der Waals surface area contributed by atoms with Gasteiger partial charge in [0.05, 0.1) is 17.0 Å². The van der Waals surface area contributed by atoms with Gasteiger partial charge in [-0.05, 0) is 42.7 Å². The molecule has 0 radical (unpaired) electrons. The van der Waals surface area contributed by atoms with Crippen molar-refractivity contribution in [3.8, 4) is 11.1 Å². The number of H-pyrrole nitrogens is 1. The minimum Gasteiger partial charge on any atom is -0.481 e. The van der Waals surface area contributed by atoms with Crippen molar-refractivity contribution in [3.05, 3.63) is 47.0 Å². The number of aromatic nitrogens is 3. The molecular weight excluding hydrogens is 332 g/mol. The molecule has 4 rings (SSSR count). The number of aliphatic carboxylic acids is 1. The highest BCUT2D eigenvalue weighted by atomic mass is 16.4. The normalized spacial score (nSPS) is 17.6. The summed E-state index contributed by atoms with van der Waals surface area (Å²) >= 11 is 0. The number of anilines is 1. The average Bonchev–Trinajstić information content (AvgIpc) is 2.95. The summed E-state index contributed by atoms with van der Waals surface area (Å²) in [5.41, 5.74) is 3.45. The maximum absolute atomic E-state index is 11.7. The number of benzene rings is 1. The van der Waals surface area contributed by atoms with Crippen LogP contribution < -0.4 is 10.6 Å². The fourth-order valence-corrected chi connectivity index (χ4v) is 3.53. The van der Waals surface area contributed by atoms with Crippen LogP contribution in [0.3, 0.4) is 0 Å². The zero-order valence-electron chi connectivity index (χ0n) is 14.5. The molecule has 26 heavy (non-hydrogen) atoms. The van der Waals surface area contributed by atoms with Crippen LogP contribution in [0.25, 0.3) is 22.2 Å². The van der Waals surface area contributed by atoms with E-state index < -0.39 is 5.97 Å². The number of aryl methyl sites for hydroxylation is 1. The van der Waals surface area contributed by atoms with Crippen LogP contribution >= 0.6 is 0 Å². The first kappa shape index (κ1) is 16.4. The summed E-state index contributed by atoms with van der Waals surface area (Å²) in [5, 5.41) is 9.23. The number of carboxylic acid groups (broad SMARTS) is 1. The number of pyridine rings is 1. The topological polar surface area (TPSA) is 91.2 Å². The molecule has 1 fully saturated rings. The molecule has 2 N–H and O–H groups in total. The fourth-order valence-electron chi connectivity index (χ4n) is 3.53.